The number of H-pyrrole nitrogens is 1. The Kier molecular flexibility index (Phi) is 8.44. The summed E-state index contributed by atoms with van der Waals surface area (Å²) in [6, 6.07) is 24.8. The van der Waals surface area contributed by atoms with Crippen LogP contribution in [-0.4, -0.2) is 21.0 Å². The third-order valence-corrected chi connectivity index (χ3v) is 4.82. The normalized spacial score (nSPS) is 10.8. The van der Waals surface area contributed by atoms with Crippen LogP contribution in [0.4, 0.5) is 0 Å². The van der Waals surface area contributed by atoms with Gasteiger partial charge in [0.2, 0.25) is 0 Å². The van der Waals surface area contributed by atoms with Gasteiger partial charge < -0.3 is 10.1 Å². The van der Waals surface area contributed by atoms with E-state index in [0.29, 0.717) is 10.0 Å². The quantitative estimate of drug-likeness (QED) is 0.305. The van der Waals surface area contributed by atoms with E-state index in [9.17, 15) is 4.79 Å². The smallest absolute Gasteiger partial charge is 0.328 e. The summed E-state index contributed by atoms with van der Waals surface area (Å²) < 4.78 is 0. The van der Waals surface area contributed by atoms with Crippen LogP contribution in [0.25, 0.3) is 29.5 Å². The highest BCUT2D eigenvalue weighted by atomic mass is 35.5. The third-order valence-electron chi connectivity index (χ3n) is 4.27. The zero-order valence-corrected chi connectivity index (χ0v) is 18.5. The number of rotatable bonds is 5. The lowest BCUT2D eigenvalue weighted by Crippen LogP contribution is -1.85. The first-order chi connectivity index (χ1) is 15.5. The molecule has 0 radical (unpaired) electrons. The number of aromatic amines is 1. The van der Waals surface area contributed by atoms with Crippen LogP contribution < -0.4 is 0 Å². The second-order valence-corrected chi connectivity index (χ2v) is 7.48. The van der Waals surface area contributed by atoms with Crippen LogP contribution in [-0.2, 0) is 4.79 Å². The number of imidazole rings is 1. The number of halogens is 2. The van der Waals surface area contributed by atoms with Crippen LogP contribution in [0.5, 0.6) is 0 Å². The zero-order valence-electron chi connectivity index (χ0n) is 17.0. The fourth-order valence-corrected chi connectivity index (χ4v) is 3.25. The Morgan fingerprint density at radius 1 is 0.844 bits per heavy atom. The fourth-order valence-electron chi connectivity index (χ4n) is 2.74. The van der Waals surface area contributed by atoms with Crippen LogP contribution in [0.1, 0.15) is 17.0 Å². The first-order valence-corrected chi connectivity index (χ1v) is 10.5. The summed E-state index contributed by atoms with van der Waals surface area (Å²) in [4.78, 5) is 17.7. The van der Waals surface area contributed by atoms with Gasteiger partial charge in [-0.2, -0.15) is 0 Å². The molecule has 0 unspecified atom stereocenters. The van der Waals surface area contributed by atoms with Crippen LogP contribution in [0.3, 0.4) is 0 Å². The minimum Gasteiger partial charge on any atom is -0.478 e. The van der Waals surface area contributed by atoms with Crippen LogP contribution >= 0.6 is 23.2 Å². The molecular weight excluding hydrogens is 443 g/mol. The van der Waals surface area contributed by atoms with Crippen molar-refractivity contribution in [2.45, 2.75) is 0 Å². The highest BCUT2D eigenvalue weighted by Gasteiger charge is 2.06. The lowest BCUT2D eigenvalue weighted by atomic mass is 10.2. The molecule has 2 N–H and O–H groups in total. The summed E-state index contributed by atoms with van der Waals surface area (Å²) in [6.45, 7) is 0. The van der Waals surface area contributed by atoms with E-state index >= 15 is 0 Å². The third kappa shape index (κ3) is 7.27. The Morgan fingerprint density at radius 2 is 1.47 bits per heavy atom. The van der Waals surface area contributed by atoms with Crippen molar-refractivity contribution in [1.29, 1.82) is 0 Å². The number of hydrogen-bond acceptors (Lipinski definition) is 2. The molecule has 0 fully saturated rings. The molecule has 0 saturated heterocycles. The second kappa shape index (κ2) is 11.7. The predicted molar refractivity (Wildman–Crippen MR) is 133 cm³/mol. The molecule has 160 valence electrons. The molecule has 0 bridgehead atoms. The average Bonchev–Trinajstić information content (AvgIpc) is 3.27. The second-order valence-electron chi connectivity index (χ2n) is 6.63. The number of hydrogen-bond donors (Lipinski definition) is 2. The number of aromatic nitrogens is 2. The summed E-state index contributed by atoms with van der Waals surface area (Å²) in [5.74, 6) is -0.145. The van der Waals surface area contributed by atoms with E-state index in [1.165, 1.54) is 0 Å². The lowest BCUT2D eigenvalue weighted by Gasteiger charge is -2.01. The Bertz CT molecular complexity index is 1220. The van der Waals surface area contributed by atoms with Crippen molar-refractivity contribution in [3.63, 3.8) is 0 Å². The monoisotopic (exact) mass is 462 g/mol. The standard InChI is InChI=1S/C17H12Cl2N2.C9H8O2/c18-13-7-8-14(15(19)10-13)16-11-20-17(21-16)9-6-12-4-2-1-3-5-12;10-9(11)7-6-8-4-2-1-3-5-8/h1-11H,(H,20,21);1-7H,(H,10,11)/b9-6+;7-6+. The summed E-state index contributed by atoms with van der Waals surface area (Å²) in [6.07, 6.45) is 8.38. The number of carboxylic acids is 1. The molecule has 0 amide bonds. The van der Waals surface area contributed by atoms with Gasteiger partial charge in [0.25, 0.3) is 0 Å². The Morgan fingerprint density at radius 3 is 2.06 bits per heavy atom. The molecule has 4 nitrogen and oxygen atoms in total. The van der Waals surface area contributed by atoms with Gasteiger partial charge in [0.15, 0.2) is 0 Å². The van der Waals surface area contributed by atoms with Crippen molar-refractivity contribution < 1.29 is 9.90 Å². The summed E-state index contributed by atoms with van der Waals surface area (Å²) in [5.41, 5.74) is 3.77. The first kappa shape index (κ1) is 23.1. The van der Waals surface area contributed by atoms with Crippen molar-refractivity contribution in [1.82, 2.24) is 9.97 Å². The molecule has 4 aromatic rings. The van der Waals surface area contributed by atoms with Gasteiger partial charge in [-0.1, -0.05) is 89.9 Å². The SMILES string of the molecule is Clc1ccc(-c2cnc(/C=C/c3ccccc3)[nH]2)c(Cl)c1.O=C(O)/C=C/c1ccccc1. The van der Waals surface area contributed by atoms with Gasteiger partial charge in [-0.05, 0) is 41.5 Å². The number of carbonyl (C=O) groups is 1. The highest BCUT2D eigenvalue weighted by molar-refractivity contribution is 6.36. The van der Waals surface area contributed by atoms with E-state index in [1.54, 1.807) is 18.3 Å². The molecule has 6 heteroatoms. The lowest BCUT2D eigenvalue weighted by molar-refractivity contribution is -0.131. The molecule has 1 aromatic heterocycles. The van der Waals surface area contributed by atoms with Gasteiger partial charge >= 0.3 is 5.97 Å². The molecule has 0 aliphatic carbocycles. The van der Waals surface area contributed by atoms with Gasteiger partial charge in [-0.25, -0.2) is 9.78 Å². The number of aliphatic carboxylic acids is 1. The number of nitrogens with zero attached hydrogens (tertiary/aromatic N) is 1. The minimum atomic E-state index is -0.922. The van der Waals surface area contributed by atoms with Crippen molar-refractivity contribution in [2.75, 3.05) is 0 Å². The molecule has 3 aromatic carbocycles. The molecule has 0 aliphatic rings. The van der Waals surface area contributed by atoms with Crippen molar-refractivity contribution in [3.05, 3.63) is 118 Å². The Balaban J connectivity index is 0.000000222. The molecule has 0 spiro atoms. The van der Waals surface area contributed by atoms with E-state index in [1.807, 2.05) is 84.9 Å². The molecule has 4 rings (SSSR count). The van der Waals surface area contributed by atoms with Crippen molar-refractivity contribution >= 4 is 47.4 Å². The predicted octanol–water partition coefficient (Wildman–Crippen LogP) is 7.34. The van der Waals surface area contributed by atoms with Crippen LogP contribution in [0.2, 0.25) is 10.0 Å². The molecule has 0 aliphatic heterocycles. The maximum Gasteiger partial charge on any atom is 0.328 e. The Hall–Kier alpha value is -3.60. The largest absolute Gasteiger partial charge is 0.478 e. The van der Waals surface area contributed by atoms with Gasteiger partial charge in [0, 0.05) is 16.7 Å². The van der Waals surface area contributed by atoms with Gasteiger partial charge in [0.05, 0.1) is 16.9 Å². The maximum atomic E-state index is 10.1. The van der Waals surface area contributed by atoms with E-state index in [4.69, 9.17) is 28.3 Å². The fraction of sp³-hybridized carbons (Fsp3) is 0. The summed E-state index contributed by atoms with van der Waals surface area (Å²) in [7, 11) is 0. The van der Waals surface area contributed by atoms with Crippen LogP contribution in [0, 0.1) is 0 Å². The van der Waals surface area contributed by atoms with E-state index in [2.05, 4.69) is 9.97 Å². The minimum absolute atomic E-state index is 0.602. The molecule has 32 heavy (non-hydrogen) atoms. The first-order valence-electron chi connectivity index (χ1n) is 9.71. The van der Waals surface area contributed by atoms with Crippen molar-refractivity contribution in [3.8, 4) is 11.3 Å². The topological polar surface area (TPSA) is 66.0 Å². The number of carboxylic acid groups (broad SMARTS) is 1. The van der Waals surface area contributed by atoms with E-state index < -0.39 is 5.97 Å². The molecule has 0 atom stereocenters. The van der Waals surface area contributed by atoms with Gasteiger partial charge in [-0.15, -0.1) is 0 Å². The highest BCUT2D eigenvalue weighted by Crippen LogP contribution is 2.29. The van der Waals surface area contributed by atoms with Gasteiger partial charge in [0.1, 0.15) is 5.82 Å². The van der Waals surface area contributed by atoms with Crippen molar-refractivity contribution in [2.24, 2.45) is 0 Å². The number of benzene rings is 3. The maximum absolute atomic E-state index is 10.1. The average molecular weight is 463 g/mol. The van der Waals surface area contributed by atoms with E-state index in [0.717, 1.165) is 34.3 Å². The Labute approximate surface area is 196 Å². The molecule has 1 heterocycles. The van der Waals surface area contributed by atoms with E-state index in [-0.39, 0.29) is 0 Å². The summed E-state index contributed by atoms with van der Waals surface area (Å²) in [5, 5.41) is 9.51. The van der Waals surface area contributed by atoms with Gasteiger partial charge in [-0.3, -0.25) is 0 Å². The molecule has 0 saturated carbocycles. The number of nitrogens with one attached hydrogen (secondary N) is 1. The zero-order chi connectivity index (χ0) is 22.8. The molecular formula is C26H20Cl2N2O2. The summed E-state index contributed by atoms with van der Waals surface area (Å²) >= 11 is 12.1. The van der Waals surface area contributed by atoms with Crippen LogP contribution in [0.15, 0.2) is 91.1 Å².